The maximum absolute atomic E-state index is 12.7. The van der Waals surface area contributed by atoms with Crippen molar-refractivity contribution in [3.8, 4) is 0 Å². The van der Waals surface area contributed by atoms with Gasteiger partial charge in [-0.25, -0.2) is 13.1 Å². The molecule has 5 nitrogen and oxygen atoms in total. The molecule has 0 amide bonds. The highest BCUT2D eigenvalue weighted by Crippen LogP contribution is 2.41. The SMILES string of the molecule is CCC(=O)O[C@H]1C[C@@H](NS(=O)(=O)c2ccc(C)cc2)c2ccccc21. The largest absolute Gasteiger partial charge is 0.457 e. The van der Waals surface area contributed by atoms with E-state index in [-0.39, 0.29) is 10.9 Å². The topological polar surface area (TPSA) is 72.5 Å². The van der Waals surface area contributed by atoms with Crippen molar-refractivity contribution >= 4 is 16.0 Å². The molecule has 0 unspecified atom stereocenters. The van der Waals surface area contributed by atoms with Gasteiger partial charge in [-0.05, 0) is 30.2 Å². The fourth-order valence-electron chi connectivity index (χ4n) is 3.03. The van der Waals surface area contributed by atoms with E-state index in [9.17, 15) is 13.2 Å². The number of sulfonamides is 1. The molecule has 1 aliphatic rings. The molecule has 6 heteroatoms. The van der Waals surface area contributed by atoms with E-state index in [0.29, 0.717) is 12.8 Å². The summed E-state index contributed by atoms with van der Waals surface area (Å²) in [5, 5.41) is 0. The van der Waals surface area contributed by atoms with Crippen LogP contribution >= 0.6 is 0 Å². The van der Waals surface area contributed by atoms with Gasteiger partial charge in [-0.15, -0.1) is 0 Å². The van der Waals surface area contributed by atoms with Crippen LogP contribution in [0.1, 0.15) is 48.6 Å². The molecule has 0 radical (unpaired) electrons. The van der Waals surface area contributed by atoms with E-state index in [1.165, 1.54) is 0 Å². The second kappa shape index (κ2) is 6.98. The normalized spacial score (nSPS) is 19.4. The molecule has 2 aromatic carbocycles. The van der Waals surface area contributed by atoms with Gasteiger partial charge in [0.25, 0.3) is 0 Å². The Morgan fingerprint density at radius 1 is 1.12 bits per heavy atom. The summed E-state index contributed by atoms with van der Waals surface area (Å²) < 4.78 is 33.6. The molecular formula is C19H21NO4S. The van der Waals surface area contributed by atoms with Crippen LogP contribution in [-0.2, 0) is 19.6 Å². The Bertz CT molecular complexity index is 875. The molecule has 1 aliphatic carbocycles. The van der Waals surface area contributed by atoms with Crippen LogP contribution in [0.15, 0.2) is 53.4 Å². The Morgan fingerprint density at radius 2 is 1.76 bits per heavy atom. The van der Waals surface area contributed by atoms with Crippen LogP contribution in [0.3, 0.4) is 0 Å². The number of carbonyl (C=O) groups is 1. The Morgan fingerprint density at radius 3 is 2.40 bits per heavy atom. The van der Waals surface area contributed by atoms with Crippen LogP contribution in [0.4, 0.5) is 0 Å². The van der Waals surface area contributed by atoms with Crippen LogP contribution in [0.25, 0.3) is 0 Å². The van der Waals surface area contributed by atoms with Gasteiger partial charge in [-0.2, -0.15) is 0 Å². The van der Waals surface area contributed by atoms with Crippen LogP contribution in [-0.4, -0.2) is 14.4 Å². The number of rotatable bonds is 5. The van der Waals surface area contributed by atoms with E-state index in [1.807, 2.05) is 31.2 Å². The van der Waals surface area contributed by atoms with Gasteiger partial charge in [0.1, 0.15) is 6.10 Å². The minimum Gasteiger partial charge on any atom is -0.457 e. The van der Waals surface area contributed by atoms with E-state index in [4.69, 9.17) is 4.74 Å². The summed E-state index contributed by atoms with van der Waals surface area (Å²) in [6, 6.07) is 13.8. The van der Waals surface area contributed by atoms with E-state index in [1.54, 1.807) is 31.2 Å². The first-order valence-corrected chi connectivity index (χ1v) is 9.76. The summed E-state index contributed by atoms with van der Waals surface area (Å²) in [7, 11) is -3.65. The highest BCUT2D eigenvalue weighted by atomic mass is 32.2. The number of fused-ring (bicyclic) bond motifs is 1. The Balaban J connectivity index is 1.85. The van der Waals surface area contributed by atoms with E-state index in [2.05, 4.69) is 4.72 Å². The smallest absolute Gasteiger partial charge is 0.306 e. The van der Waals surface area contributed by atoms with E-state index in [0.717, 1.165) is 16.7 Å². The van der Waals surface area contributed by atoms with Crippen LogP contribution < -0.4 is 4.72 Å². The van der Waals surface area contributed by atoms with Gasteiger partial charge in [0, 0.05) is 12.8 Å². The first-order chi connectivity index (χ1) is 11.9. The predicted molar refractivity (Wildman–Crippen MR) is 94.4 cm³/mol. The van der Waals surface area contributed by atoms with Crippen molar-refractivity contribution in [1.82, 2.24) is 4.72 Å². The number of carbonyl (C=O) groups excluding carboxylic acids is 1. The third kappa shape index (κ3) is 3.75. The maximum atomic E-state index is 12.7. The number of esters is 1. The van der Waals surface area contributed by atoms with Gasteiger partial charge >= 0.3 is 5.97 Å². The molecule has 0 bridgehead atoms. The average Bonchev–Trinajstić information content (AvgIpc) is 2.92. The molecule has 0 heterocycles. The Kier molecular flexibility index (Phi) is 4.92. The molecule has 0 fully saturated rings. The van der Waals surface area contributed by atoms with E-state index >= 15 is 0 Å². The number of nitrogens with one attached hydrogen (secondary N) is 1. The van der Waals surface area contributed by atoms with Crippen LogP contribution in [0.5, 0.6) is 0 Å². The number of hydrogen-bond donors (Lipinski definition) is 1. The number of hydrogen-bond acceptors (Lipinski definition) is 4. The van der Waals surface area contributed by atoms with Gasteiger partial charge in [0.2, 0.25) is 10.0 Å². The van der Waals surface area contributed by atoms with Gasteiger partial charge in [0.05, 0.1) is 10.9 Å². The molecule has 25 heavy (non-hydrogen) atoms. The minimum absolute atomic E-state index is 0.226. The fraction of sp³-hybridized carbons (Fsp3) is 0.316. The molecular weight excluding hydrogens is 338 g/mol. The van der Waals surface area contributed by atoms with Crippen molar-refractivity contribution in [2.24, 2.45) is 0 Å². The second-order valence-corrected chi connectivity index (χ2v) is 7.90. The monoisotopic (exact) mass is 359 g/mol. The average molecular weight is 359 g/mol. The Labute approximate surface area is 148 Å². The highest BCUT2D eigenvalue weighted by molar-refractivity contribution is 7.89. The van der Waals surface area contributed by atoms with E-state index < -0.39 is 22.2 Å². The Hall–Kier alpha value is -2.18. The summed E-state index contributed by atoms with van der Waals surface area (Å²) in [5.74, 6) is -0.290. The summed E-state index contributed by atoms with van der Waals surface area (Å²) in [5.41, 5.74) is 2.71. The van der Waals surface area contributed by atoms with Crippen molar-refractivity contribution in [1.29, 1.82) is 0 Å². The lowest BCUT2D eigenvalue weighted by atomic mass is 10.1. The lowest BCUT2D eigenvalue weighted by Gasteiger charge is -2.15. The summed E-state index contributed by atoms with van der Waals surface area (Å²) >= 11 is 0. The van der Waals surface area contributed by atoms with Gasteiger partial charge in [-0.1, -0.05) is 48.9 Å². The second-order valence-electron chi connectivity index (χ2n) is 6.18. The molecule has 3 rings (SSSR count). The molecule has 2 atom stereocenters. The summed E-state index contributed by atoms with van der Waals surface area (Å²) in [6.45, 7) is 3.64. The zero-order valence-electron chi connectivity index (χ0n) is 14.2. The lowest BCUT2D eigenvalue weighted by Crippen LogP contribution is -2.27. The summed E-state index contributed by atoms with van der Waals surface area (Å²) in [6.07, 6.45) is 0.267. The highest BCUT2D eigenvalue weighted by Gasteiger charge is 2.35. The predicted octanol–water partition coefficient (Wildman–Crippen LogP) is 3.41. The van der Waals surface area contributed by atoms with Crippen molar-refractivity contribution in [2.45, 2.75) is 43.7 Å². The molecule has 0 spiro atoms. The molecule has 2 aromatic rings. The third-order valence-corrected chi connectivity index (χ3v) is 5.85. The molecule has 0 aromatic heterocycles. The number of ether oxygens (including phenoxy) is 1. The van der Waals surface area contributed by atoms with Crippen LogP contribution in [0, 0.1) is 6.92 Å². The van der Waals surface area contributed by atoms with Crippen molar-refractivity contribution in [3.05, 3.63) is 65.2 Å². The summed E-state index contributed by atoms with van der Waals surface area (Å²) in [4.78, 5) is 11.9. The van der Waals surface area contributed by atoms with Crippen molar-refractivity contribution in [3.63, 3.8) is 0 Å². The molecule has 0 saturated heterocycles. The quantitative estimate of drug-likeness (QED) is 0.831. The molecule has 1 N–H and O–H groups in total. The van der Waals surface area contributed by atoms with Gasteiger partial charge in [0.15, 0.2) is 0 Å². The standard InChI is InChI=1S/C19H21NO4S/c1-3-19(21)24-18-12-17(15-6-4-5-7-16(15)18)20-25(22,23)14-10-8-13(2)9-11-14/h4-11,17-18,20H,3,12H2,1-2H3/t17-,18+/m1/s1. The number of benzene rings is 2. The minimum atomic E-state index is -3.65. The van der Waals surface area contributed by atoms with Gasteiger partial charge < -0.3 is 4.74 Å². The zero-order chi connectivity index (χ0) is 18.0. The first-order valence-electron chi connectivity index (χ1n) is 8.28. The number of aryl methyl sites for hydroxylation is 1. The van der Waals surface area contributed by atoms with Crippen LogP contribution in [0.2, 0.25) is 0 Å². The molecule has 132 valence electrons. The first kappa shape index (κ1) is 17.6. The van der Waals surface area contributed by atoms with Crippen molar-refractivity contribution in [2.75, 3.05) is 0 Å². The molecule has 0 aliphatic heterocycles. The van der Waals surface area contributed by atoms with Gasteiger partial charge in [-0.3, -0.25) is 4.79 Å². The zero-order valence-corrected chi connectivity index (χ0v) is 15.0. The lowest BCUT2D eigenvalue weighted by molar-refractivity contribution is -0.149. The maximum Gasteiger partial charge on any atom is 0.306 e. The van der Waals surface area contributed by atoms with Crippen molar-refractivity contribution < 1.29 is 17.9 Å². The fourth-order valence-corrected chi connectivity index (χ4v) is 4.26. The third-order valence-electron chi connectivity index (χ3n) is 4.36. The molecule has 0 saturated carbocycles.